The molecule has 1 aromatic rings. The van der Waals surface area contributed by atoms with Gasteiger partial charge in [-0.3, -0.25) is 0 Å². The lowest BCUT2D eigenvalue weighted by Crippen LogP contribution is -2.32. The van der Waals surface area contributed by atoms with E-state index in [4.69, 9.17) is 10.5 Å². The molecule has 2 N–H and O–H groups in total. The maximum Gasteiger partial charge on any atom is 0.185 e. The summed E-state index contributed by atoms with van der Waals surface area (Å²) in [4.78, 5) is 10.3. The molecule has 0 saturated heterocycles. The van der Waals surface area contributed by atoms with Gasteiger partial charge in [0.2, 0.25) is 0 Å². The summed E-state index contributed by atoms with van der Waals surface area (Å²) in [6, 6.07) is 0. The van der Waals surface area contributed by atoms with E-state index in [9.17, 15) is 0 Å². The number of likely N-dealkylation sites (N-methyl/N-ethyl adjacent to an activating group) is 1. The highest BCUT2D eigenvalue weighted by atomic mass is 32.1. The predicted molar refractivity (Wildman–Crippen MR) is 81.8 cm³/mol. The van der Waals surface area contributed by atoms with Crippen LogP contribution in [0.1, 0.15) is 23.9 Å². The molecule has 1 aromatic heterocycles. The molecule has 0 aliphatic rings. The van der Waals surface area contributed by atoms with Gasteiger partial charge in [0.05, 0.1) is 12.3 Å². The molecule has 5 nitrogen and oxygen atoms in total. The summed E-state index contributed by atoms with van der Waals surface area (Å²) in [5, 5.41) is 1.07. The minimum absolute atomic E-state index is 0.532. The minimum atomic E-state index is 0.532. The number of rotatable bonds is 9. The average Bonchev–Trinajstić information content (AvgIpc) is 2.77. The molecule has 0 aliphatic carbocycles. The van der Waals surface area contributed by atoms with E-state index in [2.05, 4.69) is 35.8 Å². The van der Waals surface area contributed by atoms with Crippen molar-refractivity contribution in [2.75, 3.05) is 45.7 Å². The molecule has 0 amide bonds. The Balaban J connectivity index is 2.82. The highest BCUT2D eigenvalue weighted by Crippen LogP contribution is 2.26. The van der Waals surface area contributed by atoms with Crippen LogP contribution in [0.3, 0.4) is 0 Å². The second kappa shape index (κ2) is 8.47. The summed E-state index contributed by atoms with van der Waals surface area (Å²) in [7, 11) is 5.87. The average molecular weight is 286 g/mol. The molecule has 0 aliphatic heterocycles. The van der Waals surface area contributed by atoms with Crippen LogP contribution in [0, 0.1) is 0 Å². The molecule has 19 heavy (non-hydrogen) atoms. The second-order valence-corrected chi connectivity index (χ2v) is 5.86. The third kappa shape index (κ3) is 5.06. The smallest absolute Gasteiger partial charge is 0.185 e. The molecule has 0 aromatic carbocycles. The molecule has 6 heteroatoms. The Labute approximate surface area is 120 Å². The third-order valence-corrected chi connectivity index (χ3v) is 4.00. The van der Waals surface area contributed by atoms with Crippen LogP contribution in [0.5, 0.6) is 0 Å². The Morgan fingerprint density at radius 1 is 1.26 bits per heavy atom. The Bertz CT molecular complexity index is 368. The van der Waals surface area contributed by atoms with Crippen LogP contribution in [0.15, 0.2) is 0 Å². The van der Waals surface area contributed by atoms with Gasteiger partial charge in [-0.2, -0.15) is 0 Å². The number of nitrogens with two attached hydrogens (primary N) is 1. The molecule has 0 saturated carbocycles. The summed E-state index contributed by atoms with van der Waals surface area (Å²) >= 11 is 1.69. The van der Waals surface area contributed by atoms with Crippen LogP contribution in [0.4, 0.5) is 5.13 Å². The van der Waals surface area contributed by atoms with Gasteiger partial charge in [0.1, 0.15) is 0 Å². The van der Waals surface area contributed by atoms with E-state index in [1.165, 1.54) is 0 Å². The lowest BCUT2D eigenvalue weighted by Gasteiger charge is -2.23. The van der Waals surface area contributed by atoms with Crippen LogP contribution in [0.2, 0.25) is 0 Å². The fourth-order valence-corrected chi connectivity index (χ4v) is 2.80. The number of methoxy groups -OCH3 is 1. The van der Waals surface area contributed by atoms with Crippen molar-refractivity contribution in [2.45, 2.75) is 26.5 Å². The van der Waals surface area contributed by atoms with Crippen molar-refractivity contribution in [2.24, 2.45) is 5.73 Å². The van der Waals surface area contributed by atoms with Crippen molar-refractivity contribution >= 4 is 16.5 Å². The summed E-state index contributed by atoms with van der Waals surface area (Å²) in [5.41, 5.74) is 6.76. The van der Waals surface area contributed by atoms with Gasteiger partial charge in [0, 0.05) is 38.2 Å². The fraction of sp³-hybridized carbons (Fsp3) is 0.769. The number of ether oxygens (including phenoxy) is 1. The van der Waals surface area contributed by atoms with Crippen molar-refractivity contribution in [3.05, 3.63) is 10.6 Å². The van der Waals surface area contributed by atoms with Crippen LogP contribution in [-0.4, -0.2) is 50.7 Å². The number of hydrogen-bond acceptors (Lipinski definition) is 6. The number of hydrogen-bond donors (Lipinski definition) is 1. The first-order chi connectivity index (χ1) is 9.12. The SMILES string of the molecule is CCCN(CCN(C)C)c1nc(COC)c(CN)s1. The topological polar surface area (TPSA) is 54.6 Å². The molecule has 0 radical (unpaired) electrons. The van der Waals surface area contributed by atoms with Crippen molar-refractivity contribution in [1.29, 1.82) is 0 Å². The maximum atomic E-state index is 5.78. The zero-order chi connectivity index (χ0) is 14.3. The fourth-order valence-electron chi connectivity index (χ4n) is 1.81. The van der Waals surface area contributed by atoms with E-state index in [1.807, 2.05) is 0 Å². The summed E-state index contributed by atoms with van der Waals surface area (Å²) in [5.74, 6) is 0. The van der Waals surface area contributed by atoms with Crippen molar-refractivity contribution in [3.63, 3.8) is 0 Å². The number of thiazole rings is 1. The lowest BCUT2D eigenvalue weighted by atomic mass is 10.4. The molecule has 1 heterocycles. The summed E-state index contributed by atoms with van der Waals surface area (Å²) in [6.07, 6.45) is 1.12. The Kier molecular flexibility index (Phi) is 7.30. The van der Waals surface area contributed by atoms with Crippen molar-refractivity contribution in [3.8, 4) is 0 Å². The molecule has 0 spiro atoms. The highest BCUT2D eigenvalue weighted by Gasteiger charge is 2.15. The van der Waals surface area contributed by atoms with E-state index in [0.29, 0.717) is 13.2 Å². The Hall–Kier alpha value is -0.690. The predicted octanol–water partition coefficient (Wildman–Crippen LogP) is 1.53. The standard InChI is InChI=1S/C13H26N4OS/c1-5-6-17(8-7-16(2)3)13-15-11(10-18-4)12(9-14)19-13/h5-10,14H2,1-4H3. The number of anilines is 1. The van der Waals surface area contributed by atoms with E-state index in [-0.39, 0.29) is 0 Å². The van der Waals surface area contributed by atoms with Gasteiger partial charge in [-0.05, 0) is 20.5 Å². The van der Waals surface area contributed by atoms with Crippen LogP contribution < -0.4 is 10.6 Å². The van der Waals surface area contributed by atoms with Crippen LogP contribution >= 0.6 is 11.3 Å². The van der Waals surface area contributed by atoms with Gasteiger partial charge in [0.15, 0.2) is 5.13 Å². The van der Waals surface area contributed by atoms with Gasteiger partial charge < -0.3 is 20.3 Å². The van der Waals surface area contributed by atoms with Gasteiger partial charge in [0.25, 0.3) is 0 Å². The van der Waals surface area contributed by atoms with Crippen molar-refractivity contribution in [1.82, 2.24) is 9.88 Å². The third-order valence-electron chi connectivity index (χ3n) is 2.81. The molecular weight excluding hydrogens is 260 g/mol. The largest absolute Gasteiger partial charge is 0.378 e. The minimum Gasteiger partial charge on any atom is -0.378 e. The summed E-state index contributed by atoms with van der Waals surface area (Å²) in [6.45, 7) is 6.30. The molecule has 0 fully saturated rings. The molecule has 1 rings (SSSR count). The molecule has 0 atom stereocenters. The molecule has 0 bridgehead atoms. The Morgan fingerprint density at radius 2 is 2.00 bits per heavy atom. The zero-order valence-electron chi connectivity index (χ0n) is 12.5. The van der Waals surface area contributed by atoms with Crippen LogP contribution in [0.25, 0.3) is 0 Å². The monoisotopic (exact) mass is 286 g/mol. The second-order valence-electron chi connectivity index (χ2n) is 4.79. The number of nitrogens with zero attached hydrogens (tertiary/aromatic N) is 3. The number of aromatic nitrogens is 1. The lowest BCUT2D eigenvalue weighted by molar-refractivity contribution is 0.181. The van der Waals surface area contributed by atoms with Crippen LogP contribution in [-0.2, 0) is 17.9 Å². The first-order valence-corrected chi connectivity index (χ1v) is 7.51. The van der Waals surface area contributed by atoms with Crippen molar-refractivity contribution < 1.29 is 4.74 Å². The Morgan fingerprint density at radius 3 is 2.53 bits per heavy atom. The maximum absolute atomic E-state index is 5.78. The normalized spacial score (nSPS) is 11.3. The van der Waals surface area contributed by atoms with Gasteiger partial charge in [-0.15, -0.1) is 11.3 Å². The molecule has 0 unspecified atom stereocenters. The molecule has 110 valence electrons. The summed E-state index contributed by atoms with van der Waals surface area (Å²) < 4.78 is 5.18. The zero-order valence-corrected chi connectivity index (χ0v) is 13.3. The van der Waals surface area contributed by atoms with E-state index in [1.54, 1.807) is 18.4 Å². The van der Waals surface area contributed by atoms with Gasteiger partial charge in [-0.1, -0.05) is 6.92 Å². The van der Waals surface area contributed by atoms with E-state index >= 15 is 0 Å². The quantitative estimate of drug-likeness (QED) is 0.746. The van der Waals surface area contributed by atoms with Gasteiger partial charge >= 0.3 is 0 Å². The van der Waals surface area contributed by atoms with E-state index in [0.717, 1.165) is 41.8 Å². The molecular formula is C13H26N4OS. The first-order valence-electron chi connectivity index (χ1n) is 6.69. The first kappa shape index (κ1) is 16.4. The van der Waals surface area contributed by atoms with Gasteiger partial charge in [-0.25, -0.2) is 4.98 Å². The van der Waals surface area contributed by atoms with E-state index < -0.39 is 0 Å². The highest BCUT2D eigenvalue weighted by molar-refractivity contribution is 7.15.